The van der Waals surface area contributed by atoms with Gasteiger partial charge in [0.25, 0.3) is 0 Å². The van der Waals surface area contributed by atoms with E-state index >= 15 is 0 Å². The summed E-state index contributed by atoms with van der Waals surface area (Å²) in [4.78, 5) is 0. The Hall–Kier alpha value is -3.92. The average molecular weight is 437 g/mol. The number of hydrogen-bond acceptors (Lipinski definition) is 4. The summed E-state index contributed by atoms with van der Waals surface area (Å²) < 4.78 is 0. The van der Waals surface area contributed by atoms with Gasteiger partial charge in [-0.3, -0.25) is 0 Å². The number of anilines is 2. The fourth-order valence-electron chi connectivity index (χ4n) is 5.38. The molecule has 0 saturated carbocycles. The molecule has 5 rings (SSSR count). The second kappa shape index (κ2) is 7.59. The Morgan fingerprint density at radius 1 is 0.606 bits per heavy atom. The third-order valence-corrected chi connectivity index (χ3v) is 7.02. The van der Waals surface area contributed by atoms with Crippen LogP contribution in [0.4, 0.5) is 11.4 Å². The molecule has 1 aliphatic carbocycles. The normalized spacial score (nSPS) is 13.5. The molecular weight excluding hydrogens is 408 g/mol. The van der Waals surface area contributed by atoms with Gasteiger partial charge in [-0.2, -0.15) is 0 Å². The van der Waals surface area contributed by atoms with Gasteiger partial charge in [-0.05, 0) is 93.7 Å². The number of hydrogen-bond donors (Lipinski definition) is 4. The molecule has 4 aromatic rings. The van der Waals surface area contributed by atoms with E-state index in [1.807, 2.05) is 36.4 Å². The SMILES string of the molecule is CCc1cc(C2(c3ccc(N)c(CC)c3)c3cc(O)ccc3-c3ccc(O)cc32)ccc1N. The minimum Gasteiger partial charge on any atom is -0.508 e. The number of benzene rings is 4. The number of aromatic hydroxyl groups is 2. The van der Waals surface area contributed by atoms with E-state index in [2.05, 4.69) is 38.1 Å². The lowest BCUT2D eigenvalue weighted by Gasteiger charge is -2.35. The molecule has 4 nitrogen and oxygen atoms in total. The van der Waals surface area contributed by atoms with Crippen molar-refractivity contribution in [3.05, 3.63) is 106 Å². The number of fused-ring (bicyclic) bond motifs is 3. The van der Waals surface area contributed by atoms with E-state index in [1.54, 1.807) is 12.1 Å². The van der Waals surface area contributed by atoms with Gasteiger partial charge in [0.1, 0.15) is 11.5 Å². The van der Waals surface area contributed by atoms with Gasteiger partial charge in [-0.15, -0.1) is 0 Å². The first-order valence-corrected chi connectivity index (χ1v) is 11.3. The fraction of sp³-hybridized carbons (Fsp3) is 0.172. The number of rotatable bonds is 4. The molecule has 6 N–H and O–H groups in total. The van der Waals surface area contributed by atoms with Crippen molar-refractivity contribution in [1.29, 1.82) is 0 Å². The molecule has 0 atom stereocenters. The quantitative estimate of drug-likeness (QED) is 0.270. The average Bonchev–Trinajstić information content (AvgIpc) is 3.09. The first kappa shape index (κ1) is 21.0. The van der Waals surface area contributed by atoms with Gasteiger partial charge in [-0.1, -0.05) is 50.2 Å². The molecular formula is C29H28N2O2. The molecule has 0 heterocycles. The van der Waals surface area contributed by atoms with Gasteiger partial charge in [0.05, 0.1) is 5.41 Å². The zero-order valence-corrected chi connectivity index (χ0v) is 18.9. The van der Waals surface area contributed by atoms with Crippen LogP contribution in [-0.4, -0.2) is 10.2 Å². The lowest BCUT2D eigenvalue weighted by molar-refractivity contribution is 0.473. The number of phenolic OH excluding ortho intramolecular Hbond substituents is 2. The predicted octanol–water partition coefficient (Wildman–Crippen LogP) is 5.75. The first-order valence-electron chi connectivity index (χ1n) is 11.3. The highest BCUT2D eigenvalue weighted by molar-refractivity contribution is 5.87. The van der Waals surface area contributed by atoms with Crippen LogP contribution in [0.25, 0.3) is 11.1 Å². The van der Waals surface area contributed by atoms with Gasteiger partial charge in [0.15, 0.2) is 0 Å². The lowest BCUT2D eigenvalue weighted by atomic mass is 9.67. The Bertz CT molecular complexity index is 1280. The monoisotopic (exact) mass is 436 g/mol. The molecule has 0 bridgehead atoms. The van der Waals surface area contributed by atoms with E-state index in [0.717, 1.165) is 68.7 Å². The van der Waals surface area contributed by atoms with Crippen LogP contribution in [0.1, 0.15) is 47.2 Å². The van der Waals surface area contributed by atoms with E-state index in [1.165, 1.54) is 0 Å². The van der Waals surface area contributed by atoms with Crippen LogP contribution in [0, 0.1) is 0 Å². The van der Waals surface area contributed by atoms with E-state index in [9.17, 15) is 10.2 Å². The van der Waals surface area contributed by atoms with E-state index in [4.69, 9.17) is 11.5 Å². The molecule has 0 amide bonds. The summed E-state index contributed by atoms with van der Waals surface area (Å²) in [6.07, 6.45) is 1.61. The van der Waals surface area contributed by atoms with Gasteiger partial charge in [0.2, 0.25) is 0 Å². The third-order valence-electron chi connectivity index (χ3n) is 7.02. The Kier molecular flexibility index (Phi) is 4.82. The molecule has 33 heavy (non-hydrogen) atoms. The third kappa shape index (κ3) is 2.98. The summed E-state index contributed by atoms with van der Waals surface area (Å²) in [5, 5.41) is 21.1. The molecule has 0 aliphatic heterocycles. The summed E-state index contributed by atoms with van der Waals surface area (Å²) in [6.45, 7) is 4.18. The maximum absolute atomic E-state index is 10.6. The zero-order chi connectivity index (χ0) is 23.3. The largest absolute Gasteiger partial charge is 0.508 e. The van der Waals surface area contributed by atoms with Crippen molar-refractivity contribution in [3.63, 3.8) is 0 Å². The van der Waals surface area contributed by atoms with Crippen LogP contribution < -0.4 is 11.5 Å². The smallest absolute Gasteiger partial charge is 0.115 e. The van der Waals surface area contributed by atoms with Crippen molar-refractivity contribution in [2.24, 2.45) is 0 Å². The minimum atomic E-state index is -0.739. The second-order valence-corrected chi connectivity index (χ2v) is 8.74. The van der Waals surface area contributed by atoms with E-state index < -0.39 is 5.41 Å². The summed E-state index contributed by atoms with van der Waals surface area (Å²) in [5.74, 6) is 0.403. The van der Waals surface area contributed by atoms with E-state index in [-0.39, 0.29) is 11.5 Å². The van der Waals surface area contributed by atoms with Crippen LogP contribution in [-0.2, 0) is 18.3 Å². The molecule has 4 heteroatoms. The highest BCUT2D eigenvalue weighted by Crippen LogP contribution is 2.57. The predicted molar refractivity (Wildman–Crippen MR) is 135 cm³/mol. The van der Waals surface area contributed by atoms with Crippen LogP contribution in [0.3, 0.4) is 0 Å². The summed E-state index contributed by atoms with van der Waals surface area (Å²) in [7, 11) is 0. The Morgan fingerprint density at radius 2 is 1.03 bits per heavy atom. The van der Waals surface area contributed by atoms with Crippen LogP contribution in [0.15, 0.2) is 72.8 Å². The van der Waals surface area contributed by atoms with Gasteiger partial charge in [-0.25, -0.2) is 0 Å². The standard InChI is InChI=1S/C29H28N2O2/c1-3-17-13-19(5-11-27(17)30)29(20-6-12-28(31)18(4-2)14-20)25-15-21(32)7-9-23(25)24-10-8-22(33)16-26(24)29/h5-16,32-33H,3-4,30-31H2,1-2H3. The molecule has 0 unspecified atom stereocenters. The molecule has 0 fully saturated rings. The molecule has 0 aromatic heterocycles. The molecule has 4 aromatic carbocycles. The van der Waals surface area contributed by atoms with Gasteiger partial charge >= 0.3 is 0 Å². The first-order chi connectivity index (χ1) is 15.9. The van der Waals surface area contributed by atoms with Crippen LogP contribution in [0.2, 0.25) is 0 Å². The van der Waals surface area contributed by atoms with Crippen molar-refractivity contribution in [2.75, 3.05) is 11.5 Å². The molecule has 0 radical (unpaired) electrons. The molecule has 166 valence electrons. The lowest BCUT2D eigenvalue weighted by Crippen LogP contribution is -2.29. The maximum atomic E-state index is 10.6. The maximum Gasteiger partial charge on any atom is 0.115 e. The Balaban J connectivity index is 1.98. The van der Waals surface area contributed by atoms with Crippen LogP contribution in [0.5, 0.6) is 11.5 Å². The summed E-state index contributed by atoms with van der Waals surface area (Å²) >= 11 is 0. The Labute approximate surface area is 194 Å². The van der Waals surface area contributed by atoms with Crippen molar-refractivity contribution in [1.82, 2.24) is 0 Å². The second-order valence-electron chi connectivity index (χ2n) is 8.74. The number of nitrogen functional groups attached to an aromatic ring is 2. The van der Waals surface area contributed by atoms with Crippen molar-refractivity contribution in [3.8, 4) is 22.6 Å². The van der Waals surface area contributed by atoms with E-state index in [0.29, 0.717) is 0 Å². The number of nitrogens with two attached hydrogens (primary N) is 2. The topological polar surface area (TPSA) is 92.5 Å². The molecule has 0 spiro atoms. The van der Waals surface area contributed by atoms with Gasteiger partial charge in [0, 0.05) is 11.4 Å². The van der Waals surface area contributed by atoms with Gasteiger partial charge < -0.3 is 21.7 Å². The van der Waals surface area contributed by atoms with Crippen molar-refractivity contribution >= 4 is 11.4 Å². The highest BCUT2D eigenvalue weighted by Gasteiger charge is 2.47. The van der Waals surface area contributed by atoms with Crippen LogP contribution >= 0.6 is 0 Å². The molecule has 1 aliphatic rings. The summed E-state index contributed by atoms with van der Waals surface area (Å²) in [6, 6.07) is 23.4. The fourth-order valence-corrected chi connectivity index (χ4v) is 5.38. The minimum absolute atomic E-state index is 0.201. The number of aryl methyl sites for hydroxylation is 2. The summed E-state index contributed by atoms with van der Waals surface area (Å²) in [5.41, 5.74) is 21.6. The number of phenols is 2. The van der Waals surface area contributed by atoms with Crippen molar-refractivity contribution in [2.45, 2.75) is 32.1 Å². The highest BCUT2D eigenvalue weighted by atomic mass is 16.3. The molecule has 0 saturated heterocycles. The zero-order valence-electron chi connectivity index (χ0n) is 18.9. The van der Waals surface area contributed by atoms with Crippen molar-refractivity contribution < 1.29 is 10.2 Å². The Morgan fingerprint density at radius 3 is 1.42 bits per heavy atom.